The number of nitrogens with zero attached hydrogens (tertiary/aromatic N) is 1. The number of rotatable bonds is 5. The molecule has 2 N–H and O–H groups in total. The van der Waals surface area contributed by atoms with Crippen LogP contribution in [0.3, 0.4) is 0 Å². The van der Waals surface area contributed by atoms with Crippen LogP contribution in [0.4, 0.5) is 4.79 Å². The van der Waals surface area contributed by atoms with Crippen LogP contribution in [0.5, 0.6) is 0 Å². The lowest BCUT2D eigenvalue weighted by atomic mass is 10.1. The summed E-state index contributed by atoms with van der Waals surface area (Å²) in [6.07, 6.45) is 1.73. The molecule has 5 heteroatoms. The van der Waals surface area contributed by atoms with Crippen molar-refractivity contribution in [2.24, 2.45) is 5.92 Å². The third kappa shape index (κ3) is 4.77. The fourth-order valence-electron chi connectivity index (χ4n) is 2.72. The Labute approximate surface area is 125 Å². The molecule has 1 atom stereocenters. The molecule has 5 nitrogen and oxygen atoms in total. The first-order valence-corrected chi connectivity index (χ1v) is 7.34. The van der Waals surface area contributed by atoms with Gasteiger partial charge in [-0.3, -0.25) is 4.79 Å². The highest BCUT2D eigenvalue weighted by Crippen LogP contribution is 2.19. The van der Waals surface area contributed by atoms with E-state index in [0.717, 1.165) is 12.8 Å². The normalized spacial score (nSPS) is 17.8. The number of aliphatic carboxylic acids is 1. The largest absolute Gasteiger partial charge is 0.481 e. The van der Waals surface area contributed by atoms with Gasteiger partial charge in [0, 0.05) is 26.1 Å². The van der Waals surface area contributed by atoms with Crippen molar-refractivity contribution >= 4 is 12.0 Å². The maximum Gasteiger partial charge on any atom is 0.317 e. The minimum Gasteiger partial charge on any atom is -0.481 e. The topological polar surface area (TPSA) is 69.6 Å². The van der Waals surface area contributed by atoms with E-state index in [1.807, 2.05) is 6.07 Å². The molecule has 0 spiro atoms. The van der Waals surface area contributed by atoms with Gasteiger partial charge in [-0.25, -0.2) is 4.79 Å². The van der Waals surface area contributed by atoms with Crippen LogP contribution < -0.4 is 5.32 Å². The molecule has 0 saturated carbocycles. The van der Waals surface area contributed by atoms with E-state index in [2.05, 4.69) is 30.4 Å². The SMILES string of the molecule is Cc1cccc(CCNC(=O)N2CCC(CC(=O)O)C2)c1. The van der Waals surface area contributed by atoms with E-state index < -0.39 is 5.97 Å². The summed E-state index contributed by atoms with van der Waals surface area (Å²) in [5.41, 5.74) is 2.43. The number of hydrogen-bond acceptors (Lipinski definition) is 2. The van der Waals surface area contributed by atoms with Crippen molar-refractivity contribution in [1.82, 2.24) is 10.2 Å². The minimum atomic E-state index is -0.790. The summed E-state index contributed by atoms with van der Waals surface area (Å²) in [4.78, 5) is 24.4. The van der Waals surface area contributed by atoms with Gasteiger partial charge < -0.3 is 15.3 Å². The van der Waals surface area contributed by atoms with Crippen molar-refractivity contribution in [2.45, 2.75) is 26.2 Å². The average molecular weight is 290 g/mol. The molecule has 2 amide bonds. The number of carbonyl (C=O) groups excluding carboxylic acids is 1. The molecule has 1 aromatic rings. The molecule has 114 valence electrons. The lowest BCUT2D eigenvalue weighted by Gasteiger charge is -2.17. The molecular formula is C16H22N2O3. The zero-order chi connectivity index (χ0) is 15.2. The Kier molecular flexibility index (Phi) is 5.20. The summed E-state index contributed by atoms with van der Waals surface area (Å²) in [5, 5.41) is 11.7. The van der Waals surface area contributed by atoms with Crippen LogP contribution in [-0.2, 0) is 11.2 Å². The van der Waals surface area contributed by atoms with Crippen LogP contribution in [0.2, 0.25) is 0 Å². The highest BCUT2D eigenvalue weighted by Gasteiger charge is 2.27. The summed E-state index contributed by atoms with van der Waals surface area (Å²) in [5.74, 6) is -0.702. The average Bonchev–Trinajstić information content (AvgIpc) is 2.86. The zero-order valence-electron chi connectivity index (χ0n) is 12.3. The summed E-state index contributed by atoms with van der Waals surface area (Å²) in [6.45, 7) is 3.84. The summed E-state index contributed by atoms with van der Waals surface area (Å²) < 4.78 is 0. The van der Waals surface area contributed by atoms with Crippen molar-refractivity contribution in [3.05, 3.63) is 35.4 Å². The Morgan fingerprint density at radius 1 is 1.43 bits per heavy atom. The van der Waals surface area contributed by atoms with E-state index in [-0.39, 0.29) is 18.4 Å². The van der Waals surface area contributed by atoms with Crippen molar-refractivity contribution in [3.63, 3.8) is 0 Å². The fourth-order valence-corrected chi connectivity index (χ4v) is 2.72. The quantitative estimate of drug-likeness (QED) is 0.872. The molecule has 21 heavy (non-hydrogen) atoms. The Morgan fingerprint density at radius 2 is 2.24 bits per heavy atom. The first-order valence-electron chi connectivity index (χ1n) is 7.34. The van der Waals surface area contributed by atoms with Crippen LogP contribution in [0.25, 0.3) is 0 Å². The van der Waals surface area contributed by atoms with Gasteiger partial charge >= 0.3 is 12.0 Å². The maximum atomic E-state index is 12.0. The van der Waals surface area contributed by atoms with Crippen LogP contribution in [-0.4, -0.2) is 41.6 Å². The molecule has 1 aromatic carbocycles. The highest BCUT2D eigenvalue weighted by atomic mass is 16.4. The molecule has 1 unspecified atom stereocenters. The number of likely N-dealkylation sites (tertiary alicyclic amines) is 1. The van der Waals surface area contributed by atoms with Crippen molar-refractivity contribution in [2.75, 3.05) is 19.6 Å². The predicted molar refractivity (Wildman–Crippen MR) is 80.2 cm³/mol. The lowest BCUT2D eigenvalue weighted by Crippen LogP contribution is -2.39. The van der Waals surface area contributed by atoms with Crippen molar-refractivity contribution < 1.29 is 14.7 Å². The number of hydrogen-bond donors (Lipinski definition) is 2. The molecule has 0 aromatic heterocycles. The van der Waals surface area contributed by atoms with Gasteiger partial charge in [-0.1, -0.05) is 29.8 Å². The third-order valence-electron chi connectivity index (χ3n) is 3.81. The zero-order valence-corrected chi connectivity index (χ0v) is 12.3. The van der Waals surface area contributed by atoms with Crippen LogP contribution in [0, 0.1) is 12.8 Å². The van der Waals surface area contributed by atoms with Gasteiger partial charge in [-0.2, -0.15) is 0 Å². The van der Waals surface area contributed by atoms with Gasteiger partial charge in [-0.05, 0) is 31.2 Å². The van der Waals surface area contributed by atoms with E-state index in [1.165, 1.54) is 11.1 Å². The van der Waals surface area contributed by atoms with Gasteiger partial charge in [0.2, 0.25) is 0 Å². The van der Waals surface area contributed by atoms with Gasteiger partial charge in [-0.15, -0.1) is 0 Å². The number of benzene rings is 1. The van der Waals surface area contributed by atoms with Crippen molar-refractivity contribution in [1.29, 1.82) is 0 Å². The van der Waals surface area contributed by atoms with Gasteiger partial charge in [0.1, 0.15) is 0 Å². The predicted octanol–water partition coefficient (Wildman–Crippen LogP) is 2.04. The number of aryl methyl sites for hydroxylation is 1. The molecule has 1 saturated heterocycles. The number of carbonyl (C=O) groups is 2. The Hall–Kier alpha value is -2.04. The molecule has 0 aliphatic carbocycles. The van der Waals surface area contributed by atoms with E-state index in [9.17, 15) is 9.59 Å². The van der Waals surface area contributed by atoms with Gasteiger partial charge in [0.25, 0.3) is 0 Å². The van der Waals surface area contributed by atoms with Crippen LogP contribution >= 0.6 is 0 Å². The second-order valence-electron chi connectivity index (χ2n) is 5.67. The van der Waals surface area contributed by atoms with Gasteiger partial charge in [0.15, 0.2) is 0 Å². The van der Waals surface area contributed by atoms with E-state index >= 15 is 0 Å². The van der Waals surface area contributed by atoms with E-state index in [1.54, 1.807) is 4.90 Å². The number of carboxylic acid groups (broad SMARTS) is 1. The smallest absolute Gasteiger partial charge is 0.317 e. The maximum absolute atomic E-state index is 12.0. The molecule has 0 bridgehead atoms. The van der Waals surface area contributed by atoms with Crippen LogP contribution in [0.15, 0.2) is 24.3 Å². The Morgan fingerprint density at radius 3 is 2.95 bits per heavy atom. The first-order chi connectivity index (χ1) is 10.0. The van der Waals surface area contributed by atoms with Gasteiger partial charge in [0.05, 0.1) is 0 Å². The summed E-state index contributed by atoms with van der Waals surface area (Å²) >= 11 is 0. The monoisotopic (exact) mass is 290 g/mol. The molecular weight excluding hydrogens is 268 g/mol. The molecule has 1 aliphatic rings. The molecule has 1 heterocycles. The minimum absolute atomic E-state index is 0.0875. The number of urea groups is 1. The third-order valence-corrected chi connectivity index (χ3v) is 3.81. The highest BCUT2D eigenvalue weighted by molar-refractivity contribution is 5.74. The molecule has 0 radical (unpaired) electrons. The number of nitrogens with one attached hydrogen (secondary N) is 1. The Balaban J connectivity index is 1.72. The first kappa shape index (κ1) is 15.4. The number of amides is 2. The molecule has 2 rings (SSSR count). The number of carboxylic acids is 1. The molecule has 1 fully saturated rings. The van der Waals surface area contributed by atoms with E-state index in [4.69, 9.17) is 5.11 Å². The van der Waals surface area contributed by atoms with Crippen LogP contribution in [0.1, 0.15) is 24.0 Å². The molecule has 1 aliphatic heterocycles. The Bertz CT molecular complexity index is 516. The van der Waals surface area contributed by atoms with E-state index in [0.29, 0.717) is 19.6 Å². The fraction of sp³-hybridized carbons (Fsp3) is 0.500. The summed E-state index contributed by atoms with van der Waals surface area (Å²) in [7, 11) is 0. The second kappa shape index (κ2) is 7.11. The lowest BCUT2D eigenvalue weighted by molar-refractivity contribution is -0.138. The standard InChI is InChI=1S/C16H22N2O3/c1-12-3-2-4-13(9-12)5-7-17-16(21)18-8-6-14(11-18)10-15(19)20/h2-4,9,14H,5-8,10-11H2,1H3,(H,17,21)(H,19,20). The second-order valence-corrected chi connectivity index (χ2v) is 5.67. The van der Waals surface area contributed by atoms with Crippen molar-refractivity contribution in [3.8, 4) is 0 Å². The summed E-state index contributed by atoms with van der Waals surface area (Å²) in [6, 6.07) is 8.15.